The first kappa shape index (κ1) is 13.6. The molecule has 0 fully saturated rings. The van der Waals surface area contributed by atoms with Crippen molar-refractivity contribution in [3.05, 3.63) is 34.6 Å². The van der Waals surface area contributed by atoms with E-state index in [1.54, 1.807) is 25.1 Å². The van der Waals surface area contributed by atoms with Crippen molar-refractivity contribution in [1.82, 2.24) is 0 Å². The topological polar surface area (TPSA) is 76.4 Å². The van der Waals surface area contributed by atoms with Gasteiger partial charge in [-0.15, -0.1) is 0 Å². The van der Waals surface area contributed by atoms with Crippen molar-refractivity contribution in [3.63, 3.8) is 0 Å². The predicted octanol–water partition coefficient (Wildman–Crippen LogP) is 2.24. The van der Waals surface area contributed by atoms with Crippen LogP contribution in [0.5, 0.6) is 0 Å². The second-order valence-electron chi connectivity index (χ2n) is 3.78. The van der Waals surface area contributed by atoms with E-state index in [0.29, 0.717) is 16.4 Å². The molecule has 100 valence electrons. The summed E-state index contributed by atoms with van der Waals surface area (Å²) in [7, 11) is 0. The van der Waals surface area contributed by atoms with E-state index < -0.39 is 5.97 Å². The molecule has 1 aromatic carbocycles. The molecule has 2 rings (SSSR count). The van der Waals surface area contributed by atoms with E-state index in [1.165, 1.54) is 0 Å². The number of esters is 1. The van der Waals surface area contributed by atoms with Crippen molar-refractivity contribution in [2.24, 2.45) is 5.73 Å². The highest BCUT2D eigenvalue weighted by Gasteiger charge is 2.24. The van der Waals surface area contributed by atoms with Gasteiger partial charge in [-0.1, -0.05) is 23.8 Å². The average Bonchev–Trinajstić information content (AvgIpc) is 2.44. The smallest absolute Gasteiger partial charge is 0.344 e. The predicted molar refractivity (Wildman–Crippen MR) is 79.1 cm³/mol. The average molecular weight is 298 g/mol. The molecule has 0 saturated carbocycles. The van der Waals surface area contributed by atoms with Gasteiger partial charge in [0.05, 0.1) is 18.0 Å². The fourth-order valence-corrected chi connectivity index (χ4v) is 2.12. The van der Waals surface area contributed by atoms with E-state index in [1.807, 2.05) is 0 Å². The van der Waals surface area contributed by atoms with Gasteiger partial charge in [-0.25, -0.2) is 4.79 Å². The normalized spacial score (nSPS) is 14.1. The molecule has 0 amide bonds. The zero-order valence-electron chi connectivity index (χ0n) is 10.1. The molecule has 4 N–H and O–H groups in total. The van der Waals surface area contributed by atoms with Crippen LogP contribution in [-0.2, 0) is 9.53 Å². The number of halogens is 1. The third kappa shape index (κ3) is 2.80. The lowest BCUT2D eigenvalue weighted by atomic mass is 10.2. The number of rotatable bonds is 2. The Morgan fingerprint density at radius 1 is 1.42 bits per heavy atom. The van der Waals surface area contributed by atoms with Gasteiger partial charge in [-0.05, 0) is 25.1 Å². The van der Waals surface area contributed by atoms with Crippen LogP contribution in [0.1, 0.15) is 6.92 Å². The molecule has 7 heteroatoms. The van der Waals surface area contributed by atoms with Crippen molar-refractivity contribution in [3.8, 4) is 0 Å². The number of hydrogen-bond acceptors (Lipinski definition) is 5. The molecule has 1 aliphatic rings. The molecule has 5 nitrogen and oxygen atoms in total. The standard InChI is InChI=1S/C12H12ClN3O2S/c1-2-18-12(17)9-10(14)15-7-4-3-6(13)5-8(7)16-11(9)19/h3-5,15H,2,14H2,1H3,(H,16,19). The lowest BCUT2D eigenvalue weighted by Gasteiger charge is -2.09. The Hall–Kier alpha value is -1.79. The molecular weight excluding hydrogens is 286 g/mol. The van der Waals surface area contributed by atoms with E-state index in [9.17, 15) is 4.79 Å². The first-order chi connectivity index (χ1) is 9.02. The van der Waals surface area contributed by atoms with Crippen LogP contribution >= 0.6 is 23.8 Å². The molecule has 0 saturated heterocycles. The van der Waals surface area contributed by atoms with Gasteiger partial charge in [0.2, 0.25) is 0 Å². The number of thiocarbonyl (C=S) groups is 1. The second-order valence-corrected chi connectivity index (χ2v) is 4.62. The van der Waals surface area contributed by atoms with Gasteiger partial charge in [0.1, 0.15) is 16.4 Å². The van der Waals surface area contributed by atoms with Gasteiger partial charge in [-0.2, -0.15) is 0 Å². The van der Waals surface area contributed by atoms with Crippen molar-refractivity contribution < 1.29 is 9.53 Å². The summed E-state index contributed by atoms with van der Waals surface area (Å²) in [6.45, 7) is 1.96. The summed E-state index contributed by atoms with van der Waals surface area (Å²) in [6, 6.07) is 5.15. The Balaban J connectivity index is 2.41. The molecule has 0 aromatic heterocycles. The molecule has 1 aliphatic heterocycles. The fourth-order valence-electron chi connectivity index (χ4n) is 1.65. The Labute approximate surface area is 120 Å². The molecule has 1 heterocycles. The van der Waals surface area contributed by atoms with Crippen molar-refractivity contribution in [2.45, 2.75) is 6.92 Å². The van der Waals surface area contributed by atoms with Gasteiger partial charge in [0.25, 0.3) is 0 Å². The van der Waals surface area contributed by atoms with Crippen molar-refractivity contribution in [2.75, 3.05) is 17.2 Å². The van der Waals surface area contributed by atoms with Crippen LogP contribution in [0, 0.1) is 0 Å². The number of benzene rings is 1. The number of hydrogen-bond donors (Lipinski definition) is 3. The first-order valence-electron chi connectivity index (χ1n) is 5.57. The van der Waals surface area contributed by atoms with Crippen LogP contribution in [0.15, 0.2) is 29.6 Å². The quantitative estimate of drug-likeness (QED) is 0.574. The molecule has 1 aromatic rings. The van der Waals surface area contributed by atoms with Crippen LogP contribution in [0.2, 0.25) is 5.02 Å². The summed E-state index contributed by atoms with van der Waals surface area (Å²) in [6.07, 6.45) is 0. The zero-order chi connectivity index (χ0) is 14.0. The summed E-state index contributed by atoms with van der Waals surface area (Å²) in [5.74, 6) is -0.416. The van der Waals surface area contributed by atoms with Crippen molar-refractivity contribution in [1.29, 1.82) is 0 Å². The van der Waals surface area contributed by atoms with Gasteiger partial charge in [-0.3, -0.25) is 0 Å². The molecule has 0 atom stereocenters. The minimum Gasteiger partial charge on any atom is -0.462 e. The maximum absolute atomic E-state index is 11.8. The van der Waals surface area contributed by atoms with Gasteiger partial charge >= 0.3 is 5.97 Å². The number of fused-ring (bicyclic) bond motifs is 1. The first-order valence-corrected chi connectivity index (χ1v) is 6.36. The number of carbonyl (C=O) groups is 1. The molecule has 0 bridgehead atoms. The van der Waals surface area contributed by atoms with Gasteiger partial charge < -0.3 is 21.1 Å². The number of anilines is 2. The lowest BCUT2D eigenvalue weighted by molar-refractivity contribution is -0.137. The minimum atomic E-state index is -0.566. The highest BCUT2D eigenvalue weighted by Crippen LogP contribution is 2.29. The van der Waals surface area contributed by atoms with Crippen LogP contribution in [-0.4, -0.2) is 17.6 Å². The van der Waals surface area contributed by atoms with Crippen LogP contribution in [0.4, 0.5) is 11.4 Å². The summed E-state index contributed by atoms with van der Waals surface area (Å²) in [5.41, 5.74) is 7.31. The summed E-state index contributed by atoms with van der Waals surface area (Å²) in [5, 5.41) is 6.40. The third-order valence-electron chi connectivity index (χ3n) is 2.48. The number of nitrogens with one attached hydrogen (secondary N) is 2. The maximum Gasteiger partial charge on any atom is 0.344 e. The summed E-state index contributed by atoms with van der Waals surface area (Å²) >= 11 is 11.1. The van der Waals surface area contributed by atoms with Crippen LogP contribution in [0.25, 0.3) is 0 Å². The Kier molecular flexibility index (Phi) is 3.92. The SMILES string of the molecule is CCOC(=O)C1=C(N)Nc2ccc(Cl)cc2NC1=S. The van der Waals surface area contributed by atoms with Crippen LogP contribution < -0.4 is 16.4 Å². The fraction of sp³-hybridized carbons (Fsp3) is 0.167. The monoisotopic (exact) mass is 297 g/mol. The highest BCUT2D eigenvalue weighted by atomic mass is 35.5. The molecular formula is C12H12ClN3O2S. The highest BCUT2D eigenvalue weighted by molar-refractivity contribution is 7.81. The Morgan fingerprint density at radius 2 is 2.16 bits per heavy atom. The number of carbonyl (C=O) groups excluding carboxylic acids is 1. The molecule has 0 spiro atoms. The number of nitrogens with two attached hydrogens (primary N) is 1. The molecule has 0 radical (unpaired) electrons. The Morgan fingerprint density at radius 3 is 2.84 bits per heavy atom. The Bertz CT molecular complexity index is 586. The van der Waals surface area contributed by atoms with E-state index in [4.69, 9.17) is 34.3 Å². The zero-order valence-corrected chi connectivity index (χ0v) is 11.7. The largest absolute Gasteiger partial charge is 0.462 e. The molecule has 0 aliphatic carbocycles. The van der Waals surface area contributed by atoms with Gasteiger partial charge in [0.15, 0.2) is 0 Å². The van der Waals surface area contributed by atoms with E-state index >= 15 is 0 Å². The summed E-state index contributed by atoms with van der Waals surface area (Å²) < 4.78 is 4.93. The van der Waals surface area contributed by atoms with E-state index in [0.717, 1.165) is 0 Å². The van der Waals surface area contributed by atoms with Crippen molar-refractivity contribution >= 4 is 46.2 Å². The van der Waals surface area contributed by atoms with E-state index in [-0.39, 0.29) is 23.0 Å². The molecule has 0 unspecified atom stereocenters. The molecule has 19 heavy (non-hydrogen) atoms. The third-order valence-corrected chi connectivity index (χ3v) is 3.02. The minimum absolute atomic E-state index is 0.115. The number of ether oxygens (including phenoxy) is 1. The maximum atomic E-state index is 11.8. The van der Waals surface area contributed by atoms with Crippen LogP contribution in [0.3, 0.4) is 0 Å². The summed E-state index contributed by atoms with van der Waals surface area (Å²) in [4.78, 5) is 12.0. The second kappa shape index (κ2) is 5.46. The van der Waals surface area contributed by atoms with E-state index in [2.05, 4.69) is 10.6 Å². The lowest BCUT2D eigenvalue weighted by Crippen LogP contribution is -2.25. The van der Waals surface area contributed by atoms with Gasteiger partial charge in [0, 0.05) is 5.02 Å².